The largest absolute Gasteiger partial charge is 0.352 e. The van der Waals surface area contributed by atoms with Gasteiger partial charge >= 0.3 is 0 Å². The van der Waals surface area contributed by atoms with E-state index < -0.39 is 9.84 Å². The highest BCUT2D eigenvalue weighted by Crippen LogP contribution is 2.18. The third kappa shape index (κ3) is 3.81. The van der Waals surface area contributed by atoms with Gasteiger partial charge in [-0.2, -0.15) is 5.26 Å². The first-order valence-corrected chi connectivity index (χ1v) is 8.31. The topological polar surface area (TPSA) is 87.0 Å². The van der Waals surface area contributed by atoms with Gasteiger partial charge in [0, 0.05) is 12.1 Å². The highest BCUT2D eigenvalue weighted by Gasteiger charge is 2.23. The molecule has 0 saturated carbocycles. The monoisotopic (exact) mass is 292 g/mol. The molecule has 6 heteroatoms. The van der Waals surface area contributed by atoms with E-state index in [9.17, 15) is 13.2 Å². The molecule has 1 aliphatic heterocycles. The van der Waals surface area contributed by atoms with Gasteiger partial charge in [-0.15, -0.1) is 0 Å². The summed E-state index contributed by atoms with van der Waals surface area (Å²) >= 11 is 0. The fourth-order valence-corrected chi connectivity index (χ4v) is 3.80. The Morgan fingerprint density at radius 1 is 1.35 bits per heavy atom. The van der Waals surface area contributed by atoms with Crippen LogP contribution in [0.25, 0.3) is 0 Å². The maximum Gasteiger partial charge on any atom is 0.251 e. The molecule has 106 valence electrons. The number of carbonyl (C=O) groups is 1. The quantitative estimate of drug-likeness (QED) is 0.904. The Bertz CT molecular complexity index is 633. The lowest BCUT2D eigenvalue weighted by molar-refractivity contribution is 0.0946. The Kier molecular flexibility index (Phi) is 4.40. The molecule has 20 heavy (non-hydrogen) atoms. The number of nitriles is 1. The Labute approximate surface area is 118 Å². The van der Waals surface area contributed by atoms with E-state index in [4.69, 9.17) is 5.26 Å². The van der Waals surface area contributed by atoms with E-state index in [-0.39, 0.29) is 23.3 Å². The summed E-state index contributed by atoms with van der Waals surface area (Å²) in [6, 6.07) is 8.50. The normalized spacial score (nSPS) is 18.1. The zero-order valence-electron chi connectivity index (χ0n) is 11.0. The molecule has 1 aromatic rings. The molecule has 0 unspecified atom stereocenters. The van der Waals surface area contributed by atoms with Crippen molar-refractivity contribution < 1.29 is 13.2 Å². The van der Waals surface area contributed by atoms with E-state index in [0.29, 0.717) is 30.5 Å². The van der Waals surface area contributed by atoms with Gasteiger partial charge in [0.25, 0.3) is 5.91 Å². The van der Waals surface area contributed by atoms with Crippen molar-refractivity contribution in [1.29, 1.82) is 5.26 Å². The zero-order valence-corrected chi connectivity index (χ0v) is 11.8. The Hall–Kier alpha value is -1.87. The van der Waals surface area contributed by atoms with Crippen molar-refractivity contribution in [1.82, 2.24) is 5.32 Å². The maximum absolute atomic E-state index is 11.9. The molecule has 0 bridgehead atoms. The number of hydrogen-bond acceptors (Lipinski definition) is 4. The summed E-state index contributed by atoms with van der Waals surface area (Å²) in [5, 5.41) is 11.6. The predicted octanol–water partition coefficient (Wildman–Crippen LogP) is 1.11. The molecule has 1 saturated heterocycles. The minimum Gasteiger partial charge on any atom is -0.352 e. The molecule has 1 heterocycles. The number of nitrogens with zero attached hydrogens (tertiary/aromatic N) is 1. The van der Waals surface area contributed by atoms with E-state index in [1.165, 1.54) is 0 Å². The first-order chi connectivity index (χ1) is 9.50. The Morgan fingerprint density at radius 2 is 2.05 bits per heavy atom. The molecule has 0 atom stereocenters. The maximum atomic E-state index is 11.9. The fraction of sp³-hybridized carbons (Fsp3) is 0.429. The van der Waals surface area contributed by atoms with Crippen molar-refractivity contribution in [3.05, 3.63) is 35.4 Å². The number of sulfone groups is 1. The van der Waals surface area contributed by atoms with Crippen LogP contribution in [-0.2, 0) is 9.84 Å². The van der Waals surface area contributed by atoms with E-state index in [1.807, 2.05) is 6.07 Å². The van der Waals surface area contributed by atoms with Crippen LogP contribution >= 0.6 is 0 Å². The van der Waals surface area contributed by atoms with Crippen LogP contribution in [0.4, 0.5) is 0 Å². The van der Waals surface area contributed by atoms with Gasteiger partial charge < -0.3 is 5.32 Å². The predicted molar refractivity (Wildman–Crippen MR) is 74.9 cm³/mol. The third-order valence-corrected chi connectivity index (χ3v) is 5.19. The second kappa shape index (κ2) is 6.06. The Balaban J connectivity index is 1.88. The zero-order chi connectivity index (χ0) is 14.6. The summed E-state index contributed by atoms with van der Waals surface area (Å²) in [7, 11) is -2.86. The minimum atomic E-state index is -2.86. The van der Waals surface area contributed by atoms with Crippen molar-refractivity contribution in [2.45, 2.75) is 12.8 Å². The van der Waals surface area contributed by atoms with Gasteiger partial charge in [0.05, 0.1) is 23.1 Å². The van der Waals surface area contributed by atoms with Gasteiger partial charge in [0.1, 0.15) is 9.84 Å². The molecular weight excluding hydrogens is 276 g/mol. The van der Waals surface area contributed by atoms with Crippen molar-refractivity contribution in [2.75, 3.05) is 18.1 Å². The van der Waals surface area contributed by atoms with Gasteiger partial charge in [0.15, 0.2) is 0 Å². The molecule has 1 fully saturated rings. The Morgan fingerprint density at radius 3 is 2.70 bits per heavy atom. The van der Waals surface area contributed by atoms with Crippen LogP contribution in [0.2, 0.25) is 0 Å². The molecule has 1 amide bonds. The highest BCUT2D eigenvalue weighted by atomic mass is 32.2. The second-order valence-electron chi connectivity index (χ2n) is 5.00. The smallest absolute Gasteiger partial charge is 0.251 e. The van der Waals surface area contributed by atoms with Crippen molar-refractivity contribution >= 4 is 15.7 Å². The summed E-state index contributed by atoms with van der Waals surface area (Å²) in [6.45, 7) is 0.477. The van der Waals surface area contributed by atoms with Crippen LogP contribution < -0.4 is 5.32 Å². The standard InChI is InChI=1S/C14H16N2O3S/c15-9-12-2-1-3-13(8-12)14(17)16-10-11-4-6-20(18,19)7-5-11/h1-3,8,11H,4-7,10H2,(H,16,17). The van der Waals surface area contributed by atoms with Crippen LogP contribution in [0.1, 0.15) is 28.8 Å². The lowest BCUT2D eigenvalue weighted by Crippen LogP contribution is -2.34. The summed E-state index contributed by atoms with van der Waals surface area (Å²) in [5.41, 5.74) is 0.897. The van der Waals surface area contributed by atoms with Crippen LogP contribution in [0, 0.1) is 17.2 Å². The van der Waals surface area contributed by atoms with E-state index in [2.05, 4.69) is 5.32 Å². The molecule has 0 aromatic heterocycles. The second-order valence-corrected chi connectivity index (χ2v) is 7.30. The molecule has 0 aliphatic carbocycles. The first kappa shape index (κ1) is 14.5. The van der Waals surface area contributed by atoms with Gasteiger partial charge in [0.2, 0.25) is 0 Å². The minimum absolute atomic E-state index is 0.206. The average Bonchev–Trinajstić information content (AvgIpc) is 2.46. The lowest BCUT2D eigenvalue weighted by atomic mass is 10.0. The molecule has 1 aliphatic rings. The van der Waals surface area contributed by atoms with Crippen LogP contribution in [0.15, 0.2) is 24.3 Å². The summed E-state index contributed by atoms with van der Waals surface area (Å²) < 4.78 is 22.6. The average molecular weight is 292 g/mol. The van der Waals surface area contributed by atoms with Gasteiger partial charge in [-0.3, -0.25) is 4.79 Å². The number of hydrogen-bond donors (Lipinski definition) is 1. The van der Waals surface area contributed by atoms with Crippen molar-refractivity contribution in [3.63, 3.8) is 0 Å². The van der Waals surface area contributed by atoms with E-state index in [0.717, 1.165) is 0 Å². The van der Waals surface area contributed by atoms with Gasteiger partial charge in [-0.25, -0.2) is 8.42 Å². The summed E-state index contributed by atoms with van der Waals surface area (Å²) in [5.74, 6) is 0.395. The SMILES string of the molecule is N#Cc1cccc(C(=O)NCC2CCS(=O)(=O)CC2)c1. The summed E-state index contributed by atoms with van der Waals surface area (Å²) in [6.07, 6.45) is 1.20. The van der Waals surface area contributed by atoms with Crippen LogP contribution in [-0.4, -0.2) is 32.4 Å². The number of benzene rings is 1. The van der Waals surface area contributed by atoms with Crippen molar-refractivity contribution in [2.24, 2.45) is 5.92 Å². The van der Waals surface area contributed by atoms with E-state index >= 15 is 0 Å². The number of nitrogens with one attached hydrogen (secondary N) is 1. The third-order valence-electron chi connectivity index (χ3n) is 3.48. The molecule has 1 N–H and O–H groups in total. The van der Waals surface area contributed by atoms with Gasteiger partial charge in [-0.05, 0) is 37.0 Å². The molecule has 0 spiro atoms. The van der Waals surface area contributed by atoms with E-state index in [1.54, 1.807) is 24.3 Å². The number of amides is 1. The highest BCUT2D eigenvalue weighted by molar-refractivity contribution is 7.91. The molecular formula is C14H16N2O3S. The molecule has 0 radical (unpaired) electrons. The number of carbonyl (C=O) groups excluding carboxylic acids is 1. The van der Waals surface area contributed by atoms with Crippen molar-refractivity contribution in [3.8, 4) is 6.07 Å². The van der Waals surface area contributed by atoms with Crippen LogP contribution in [0.3, 0.4) is 0 Å². The molecule has 2 rings (SSSR count). The molecule has 1 aromatic carbocycles. The lowest BCUT2D eigenvalue weighted by Gasteiger charge is -2.22. The molecule has 5 nitrogen and oxygen atoms in total. The van der Waals surface area contributed by atoms with Crippen LogP contribution in [0.5, 0.6) is 0 Å². The fourth-order valence-electron chi connectivity index (χ4n) is 2.21. The van der Waals surface area contributed by atoms with Gasteiger partial charge in [-0.1, -0.05) is 6.07 Å². The first-order valence-electron chi connectivity index (χ1n) is 6.49. The summed E-state index contributed by atoms with van der Waals surface area (Å²) in [4.78, 5) is 11.9. The number of rotatable bonds is 3.